The maximum atomic E-state index is 9.06. The van der Waals surface area contributed by atoms with Gasteiger partial charge in [-0.15, -0.1) is 0 Å². The van der Waals surface area contributed by atoms with Crippen LogP contribution >= 0.6 is 15.9 Å². The third-order valence-electron chi connectivity index (χ3n) is 2.42. The number of aliphatic hydroxyl groups is 1. The summed E-state index contributed by atoms with van der Waals surface area (Å²) in [6, 6.07) is 5.94. The molecule has 0 radical (unpaired) electrons. The quantitative estimate of drug-likeness (QED) is 0.816. The van der Waals surface area contributed by atoms with Crippen molar-refractivity contribution >= 4 is 21.6 Å². The fraction of sp³-hybridized carbons (Fsp3) is 0.500. The Morgan fingerprint density at radius 1 is 1.44 bits per heavy atom. The lowest BCUT2D eigenvalue weighted by Gasteiger charge is -2.20. The first kappa shape index (κ1) is 13.5. The minimum absolute atomic E-state index is 0.0591. The van der Waals surface area contributed by atoms with Gasteiger partial charge >= 0.3 is 0 Å². The molecule has 4 heteroatoms. The van der Waals surface area contributed by atoms with Gasteiger partial charge in [0.15, 0.2) is 0 Å². The number of hydrogen-bond donors (Lipinski definition) is 1. The Kier molecular flexibility index (Phi) is 5.80. The molecule has 1 N–H and O–H groups in total. The Labute approximate surface area is 105 Å². The maximum Gasteiger partial charge on any atom is 0.0692 e. The molecule has 90 valence electrons. The highest BCUT2D eigenvalue weighted by Crippen LogP contribution is 2.23. The largest absolute Gasteiger partial charge is 0.392 e. The van der Waals surface area contributed by atoms with E-state index in [9.17, 15) is 0 Å². The van der Waals surface area contributed by atoms with Crippen molar-refractivity contribution in [3.63, 3.8) is 0 Å². The van der Waals surface area contributed by atoms with E-state index in [1.807, 2.05) is 32.2 Å². The molecule has 0 heterocycles. The van der Waals surface area contributed by atoms with Gasteiger partial charge in [0.2, 0.25) is 0 Å². The summed E-state index contributed by atoms with van der Waals surface area (Å²) in [5.74, 6) is 0. The second kappa shape index (κ2) is 6.89. The number of likely N-dealkylation sites (N-methyl/N-ethyl adjacent to an activating group) is 1. The van der Waals surface area contributed by atoms with E-state index in [1.54, 1.807) is 0 Å². The third-order valence-corrected chi connectivity index (χ3v) is 3.16. The van der Waals surface area contributed by atoms with Crippen molar-refractivity contribution < 1.29 is 9.84 Å². The molecular formula is C12H18BrNO2. The Morgan fingerprint density at radius 3 is 2.75 bits per heavy atom. The molecule has 1 aromatic carbocycles. The van der Waals surface area contributed by atoms with Gasteiger partial charge in [0, 0.05) is 30.4 Å². The second-order valence-electron chi connectivity index (χ2n) is 3.55. The van der Waals surface area contributed by atoms with Gasteiger partial charge in [-0.3, -0.25) is 0 Å². The van der Waals surface area contributed by atoms with Gasteiger partial charge in [-0.1, -0.05) is 22.0 Å². The summed E-state index contributed by atoms with van der Waals surface area (Å²) < 4.78 is 6.25. The number of nitrogens with zero attached hydrogens (tertiary/aromatic N) is 1. The van der Waals surface area contributed by atoms with Crippen molar-refractivity contribution in [3.8, 4) is 0 Å². The second-order valence-corrected chi connectivity index (χ2v) is 4.41. The summed E-state index contributed by atoms with van der Waals surface area (Å²) >= 11 is 3.44. The van der Waals surface area contributed by atoms with Crippen molar-refractivity contribution in [3.05, 3.63) is 28.2 Å². The summed E-state index contributed by atoms with van der Waals surface area (Å²) in [5, 5.41) is 9.06. The first-order chi connectivity index (χ1) is 7.69. The van der Waals surface area contributed by atoms with Crippen LogP contribution in [0, 0.1) is 0 Å². The predicted octanol–water partition coefficient (Wildman–Crippen LogP) is 2.41. The Morgan fingerprint density at radius 2 is 2.19 bits per heavy atom. The lowest BCUT2D eigenvalue weighted by Crippen LogP contribution is -2.22. The molecule has 0 aliphatic carbocycles. The minimum atomic E-state index is 0.0591. The van der Waals surface area contributed by atoms with Crippen molar-refractivity contribution in [1.82, 2.24) is 0 Å². The fourth-order valence-corrected chi connectivity index (χ4v) is 1.87. The topological polar surface area (TPSA) is 32.7 Å². The van der Waals surface area contributed by atoms with E-state index >= 15 is 0 Å². The number of hydrogen-bond acceptors (Lipinski definition) is 3. The molecule has 0 atom stereocenters. The number of halogens is 1. The van der Waals surface area contributed by atoms with Crippen LogP contribution in [-0.4, -0.2) is 31.9 Å². The van der Waals surface area contributed by atoms with E-state index in [1.165, 1.54) is 0 Å². The molecule has 0 saturated carbocycles. The SMILES string of the molecule is CCOCCN(C)c1ccc(CO)c(Br)c1. The van der Waals surface area contributed by atoms with E-state index in [0.29, 0.717) is 0 Å². The van der Waals surface area contributed by atoms with Gasteiger partial charge in [-0.2, -0.15) is 0 Å². The molecular weight excluding hydrogens is 270 g/mol. The number of benzene rings is 1. The highest BCUT2D eigenvalue weighted by molar-refractivity contribution is 9.10. The molecule has 1 aromatic rings. The summed E-state index contributed by atoms with van der Waals surface area (Å²) in [6.45, 7) is 4.39. The molecule has 0 bridgehead atoms. The van der Waals surface area contributed by atoms with Gasteiger partial charge in [0.05, 0.1) is 13.2 Å². The molecule has 0 aliphatic rings. The van der Waals surface area contributed by atoms with Crippen molar-refractivity contribution in [2.24, 2.45) is 0 Å². The van der Waals surface area contributed by atoms with Crippen molar-refractivity contribution in [2.75, 3.05) is 31.7 Å². The molecule has 0 aliphatic heterocycles. The van der Waals surface area contributed by atoms with Crippen LogP contribution in [0.15, 0.2) is 22.7 Å². The predicted molar refractivity (Wildman–Crippen MR) is 69.8 cm³/mol. The van der Waals surface area contributed by atoms with Crippen LogP contribution in [0.4, 0.5) is 5.69 Å². The average Bonchev–Trinajstić information content (AvgIpc) is 2.29. The fourth-order valence-electron chi connectivity index (χ4n) is 1.38. The normalized spacial score (nSPS) is 10.5. The highest BCUT2D eigenvalue weighted by atomic mass is 79.9. The monoisotopic (exact) mass is 287 g/mol. The van der Waals surface area contributed by atoms with Gasteiger partial charge in [-0.25, -0.2) is 0 Å². The Balaban J connectivity index is 2.62. The van der Waals surface area contributed by atoms with Gasteiger partial charge in [-0.05, 0) is 24.6 Å². The molecule has 0 unspecified atom stereocenters. The molecule has 0 amide bonds. The average molecular weight is 288 g/mol. The zero-order valence-corrected chi connectivity index (χ0v) is 11.3. The zero-order chi connectivity index (χ0) is 12.0. The van der Waals surface area contributed by atoms with E-state index in [-0.39, 0.29) is 6.61 Å². The van der Waals surface area contributed by atoms with Gasteiger partial charge in [0.25, 0.3) is 0 Å². The van der Waals surface area contributed by atoms with Crippen LogP contribution in [-0.2, 0) is 11.3 Å². The van der Waals surface area contributed by atoms with Crippen LogP contribution in [0.5, 0.6) is 0 Å². The molecule has 0 fully saturated rings. The van der Waals surface area contributed by atoms with Crippen molar-refractivity contribution in [1.29, 1.82) is 0 Å². The molecule has 1 rings (SSSR count). The Bertz CT molecular complexity index is 331. The molecule has 16 heavy (non-hydrogen) atoms. The number of ether oxygens (including phenoxy) is 1. The minimum Gasteiger partial charge on any atom is -0.392 e. The standard InChI is InChI=1S/C12H18BrNO2/c1-3-16-7-6-14(2)11-5-4-10(9-15)12(13)8-11/h4-5,8,15H,3,6-7,9H2,1-2H3. The van der Waals surface area contributed by atoms with Crippen LogP contribution in [0.1, 0.15) is 12.5 Å². The van der Waals surface area contributed by atoms with Crippen molar-refractivity contribution in [2.45, 2.75) is 13.5 Å². The molecule has 0 saturated heterocycles. The summed E-state index contributed by atoms with van der Waals surface area (Å²) in [7, 11) is 2.03. The van der Waals surface area contributed by atoms with Crippen LogP contribution in [0.3, 0.4) is 0 Å². The summed E-state index contributed by atoms with van der Waals surface area (Å²) in [6.07, 6.45) is 0. The smallest absolute Gasteiger partial charge is 0.0692 e. The number of anilines is 1. The van der Waals surface area contributed by atoms with E-state index in [4.69, 9.17) is 9.84 Å². The van der Waals surface area contributed by atoms with E-state index in [0.717, 1.165) is 35.5 Å². The van der Waals surface area contributed by atoms with Crippen LogP contribution in [0.25, 0.3) is 0 Å². The number of rotatable bonds is 6. The van der Waals surface area contributed by atoms with Crippen LogP contribution < -0.4 is 4.90 Å². The summed E-state index contributed by atoms with van der Waals surface area (Å²) in [5.41, 5.74) is 2.02. The molecule has 0 aromatic heterocycles. The zero-order valence-electron chi connectivity index (χ0n) is 9.74. The molecule has 3 nitrogen and oxygen atoms in total. The van der Waals surface area contributed by atoms with Gasteiger partial charge in [0.1, 0.15) is 0 Å². The first-order valence-electron chi connectivity index (χ1n) is 5.37. The lowest BCUT2D eigenvalue weighted by molar-refractivity contribution is 0.154. The van der Waals surface area contributed by atoms with Gasteiger partial charge < -0.3 is 14.7 Å². The lowest BCUT2D eigenvalue weighted by atomic mass is 10.2. The third kappa shape index (κ3) is 3.77. The Hall–Kier alpha value is -0.580. The maximum absolute atomic E-state index is 9.06. The number of aliphatic hydroxyl groups excluding tert-OH is 1. The van der Waals surface area contributed by atoms with E-state index in [2.05, 4.69) is 20.8 Å². The first-order valence-corrected chi connectivity index (χ1v) is 6.16. The van der Waals surface area contributed by atoms with Crippen LogP contribution in [0.2, 0.25) is 0 Å². The highest BCUT2D eigenvalue weighted by Gasteiger charge is 2.04. The molecule has 0 spiro atoms. The van der Waals surface area contributed by atoms with E-state index < -0.39 is 0 Å². The summed E-state index contributed by atoms with van der Waals surface area (Å²) in [4.78, 5) is 2.13.